The van der Waals surface area contributed by atoms with Crippen LogP contribution in [0.2, 0.25) is 0 Å². The van der Waals surface area contributed by atoms with Gasteiger partial charge in [0.2, 0.25) is 0 Å². The van der Waals surface area contributed by atoms with Gasteiger partial charge in [-0.1, -0.05) is 17.7 Å². The van der Waals surface area contributed by atoms with E-state index in [2.05, 4.69) is 26.2 Å². The second-order valence-corrected chi connectivity index (χ2v) is 5.38. The summed E-state index contributed by atoms with van der Waals surface area (Å²) in [5.74, 6) is 1.26. The third-order valence-corrected chi connectivity index (χ3v) is 3.57. The van der Waals surface area contributed by atoms with Crippen molar-refractivity contribution >= 4 is 11.7 Å². The van der Waals surface area contributed by atoms with Gasteiger partial charge >= 0.3 is 6.03 Å². The minimum atomic E-state index is -0.326. The zero-order chi connectivity index (χ0) is 17.6. The highest BCUT2D eigenvalue weighted by Gasteiger charge is 2.10. The van der Waals surface area contributed by atoms with Gasteiger partial charge in [0.15, 0.2) is 5.82 Å². The van der Waals surface area contributed by atoms with Crippen molar-refractivity contribution in [2.75, 3.05) is 12.4 Å². The summed E-state index contributed by atoms with van der Waals surface area (Å²) in [7, 11) is 1.61. The summed E-state index contributed by atoms with van der Waals surface area (Å²) >= 11 is 0. The molecule has 3 aromatic rings. The number of nitrogens with one attached hydrogen (secondary N) is 2. The first-order valence-electron chi connectivity index (χ1n) is 7.69. The highest BCUT2D eigenvalue weighted by molar-refractivity contribution is 5.89. The van der Waals surface area contributed by atoms with Crippen molar-refractivity contribution in [1.29, 1.82) is 0 Å². The number of tetrazole rings is 1. The van der Waals surface area contributed by atoms with Crippen LogP contribution in [-0.2, 0) is 6.54 Å². The molecule has 0 unspecified atom stereocenters. The molecule has 0 saturated heterocycles. The molecular weight excluding hydrogens is 320 g/mol. The topological polar surface area (TPSA) is 94.0 Å². The quantitative estimate of drug-likeness (QED) is 0.744. The van der Waals surface area contributed by atoms with E-state index in [1.165, 1.54) is 0 Å². The molecule has 2 N–H and O–H groups in total. The Morgan fingerprint density at radius 2 is 1.84 bits per heavy atom. The maximum atomic E-state index is 12.0. The van der Waals surface area contributed by atoms with Crippen molar-refractivity contribution in [1.82, 2.24) is 25.5 Å². The van der Waals surface area contributed by atoms with Gasteiger partial charge in [-0.3, -0.25) is 0 Å². The first kappa shape index (κ1) is 16.4. The van der Waals surface area contributed by atoms with E-state index in [1.54, 1.807) is 11.8 Å². The Labute approximate surface area is 144 Å². The number of hydrogen-bond donors (Lipinski definition) is 2. The Hall–Kier alpha value is -3.42. The maximum absolute atomic E-state index is 12.0. The average molecular weight is 338 g/mol. The number of urea groups is 1. The number of carbonyl (C=O) groups is 1. The van der Waals surface area contributed by atoms with Crippen LogP contribution in [0.3, 0.4) is 0 Å². The van der Waals surface area contributed by atoms with Crippen LogP contribution in [-0.4, -0.2) is 33.3 Å². The molecule has 0 atom stereocenters. The largest absolute Gasteiger partial charge is 0.497 e. The zero-order valence-corrected chi connectivity index (χ0v) is 13.9. The molecular formula is C17H18N6O2. The molecule has 25 heavy (non-hydrogen) atoms. The molecule has 3 rings (SSSR count). The summed E-state index contributed by atoms with van der Waals surface area (Å²) in [6, 6.07) is 14.5. The highest BCUT2D eigenvalue weighted by atomic mass is 16.5. The first-order chi connectivity index (χ1) is 12.2. The third-order valence-electron chi connectivity index (χ3n) is 3.57. The lowest BCUT2D eigenvalue weighted by molar-refractivity contribution is 0.251. The summed E-state index contributed by atoms with van der Waals surface area (Å²) in [5, 5.41) is 17.1. The van der Waals surface area contributed by atoms with Crippen LogP contribution in [0.1, 0.15) is 11.4 Å². The van der Waals surface area contributed by atoms with Crippen molar-refractivity contribution in [3.8, 4) is 11.4 Å². The molecule has 1 heterocycles. The molecule has 0 fully saturated rings. The second-order valence-electron chi connectivity index (χ2n) is 5.38. The Morgan fingerprint density at radius 1 is 1.12 bits per heavy atom. The van der Waals surface area contributed by atoms with E-state index in [1.807, 2.05) is 55.5 Å². The van der Waals surface area contributed by atoms with Crippen molar-refractivity contribution in [2.45, 2.75) is 13.5 Å². The number of aryl methyl sites for hydroxylation is 1. The minimum Gasteiger partial charge on any atom is -0.497 e. The number of amides is 2. The number of methoxy groups -OCH3 is 1. The van der Waals surface area contributed by atoms with Crippen LogP contribution in [0.4, 0.5) is 10.5 Å². The number of benzene rings is 2. The fourth-order valence-corrected chi connectivity index (χ4v) is 2.21. The van der Waals surface area contributed by atoms with Crippen LogP contribution in [0.15, 0.2) is 48.5 Å². The molecule has 2 aromatic carbocycles. The molecule has 0 saturated carbocycles. The fourth-order valence-electron chi connectivity index (χ4n) is 2.21. The lowest BCUT2D eigenvalue weighted by Gasteiger charge is -2.08. The zero-order valence-electron chi connectivity index (χ0n) is 13.9. The third kappa shape index (κ3) is 4.11. The standard InChI is InChI=1S/C17H18N6O2/c1-12-3-5-13(6-4-12)19-17(24)18-11-16-20-21-22-23(16)14-7-9-15(25-2)10-8-14/h3-10H,11H2,1-2H3,(H2,18,19,24). The summed E-state index contributed by atoms with van der Waals surface area (Å²) in [6.45, 7) is 2.18. The lowest BCUT2D eigenvalue weighted by atomic mass is 10.2. The normalized spacial score (nSPS) is 10.3. The van der Waals surface area contributed by atoms with Gasteiger partial charge in [0.05, 0.1) is 19.3 Å². The van der Waals surface area contributed by atoms with Crippen molar-refractivity contribution in [2.24, 2.45) is 0 Å². The van der Waals surface area contributed by atoms with Gasteiger partial charge in [-0.25, -0.2) is 4.79 Å². The van der Waals surface area contributed by atoms with Gasteiger partial charge < -0.3 is 15.4 Å². The van der Waals surface area contributed by atoms with E-state index < -0.39 is 0 Å². The number of carbonyl (C=O) groups excluding carboxylic acids is 1. The monoisotopic (exact) mass is 338 g/mol. The van der Waals surface area contributed by atoms with Gasteiger partial charge in [0, 0.05) is 5.69 Å². The SMILES string of the molecule is COc1ccc(-n2nnnc2CNC(=O)Nc2ccc(C)cc2)cc1. The Kier molecular flexibility index (Phi) is 4.89. The van der Waals surface area contributed by atoms with E-state index in [4.69, 9.17) is 4.74 Å². The van der Waals surface area contributed by atoms with Crippen LogP contribution >= 0.6 is 0 Å². The molecule has 0 aliphatic carbocycles. The fraction of sp³-hybridized carbons (Fsp3) is 0.176. The van der Waals surface area contributed by atoms with Gasteiger partial charge in [-0.05, 0) is 53.7 Å². The number of nitrogens with zero attached hydrogens (tertiary/aromatic N) is 4. The smallest absolute Gasteiger partial charge is 0.319 e. The van der Waals surface area contributed by atoms with Gasteiger partial charge in [0.25, 0.3) is 0 Å². The van der Waals surface area contributed by atoms with Gasteiger partial charge in [0.1, 0.15) is 5.75 Å². The molecule has 0 aliphatic rings. The van der Waals surface area contributed by atoms with Crippen molar-refractivity contribution < 1.29 is 9.53 Å². The molecule has 2 amide bonds. The minimum absolute atomic E-state index is 0.191. The second kappa shape index (κ2) is 7.43. The highest BCUT2D eigenvalue weighted by Crippen LogP contribution is 2.14. The molecule has 128 valence electrons. The number of anilines is 1. The van der Waals surface area contributed by atoms with E-state index in [-0.39, 0.29) is 12.6 Å². The Balaban J connectivity index is 1.62. The molecule has 0 aliphatic heterocycles. The summed E-state index contributed by atoms with van der Waals surface area (Å²) in [5.41, 5.74) is 2.63. The van der Waals surface area contributed by atoms with E-state index in [9.17, 15) is 4.79 Å². The number of ether oxygens (including phenoxy) is 1. The number of rotatable bonds is 5. The number of hydrogen-bond acceptors (Lipinski definition) is 5. The molecule has 8 nitrogen and oxygen atoms in total. The number of aromatic nitrogens is 4. The first-order valence-corrected chi connectivity index (χ1v) is 7.69. The predicted octanol–water partition coefficient (Wildman–Crippen LogP) is 2.30. The lowest BCUT2D eigenvalue weighted by Crippen LogP contribution is -2.29. The summed E-state index contributed by atoms with van der Waals surface area (Å²) in [4.78, 5) is 12.0. The Bertz CT molecular complexity index is 842. The van der Waals surface area contributed by atoms with Crippen molar-refractivity contribution in [3.63, 3.8) is 0 Å². The van der Waals surface area contributed by atoms with Crippen molar-refractivity contribution in [3.05, 3.63) is 59.9 Å². The molecule has 1 aromatic heterocycles. The van der Waals surface area contributed by atoms with Crippen LogP contribution in [0, 0.1) is 6.92 Å². The van der Waals surface area contributed by atoms with Crippen LogP contribution in [0.5, 0.6) is 5.75 Å². The van der Waals surface area contributed by atoms with Gasteiger partial charge in [-0.15, -0.1) is 5.10 Å². The molecule has 0 spiro atoms. The van der Waals surface area contributed by atoms with E-state index >= 15 is 0 Å². The molecule has 0 bridgehead atoms. The van der Waals surface area contributed by atoms with E-state index in [0.717, 1.165) is 22.7 Å². The summed E-state index contributed by atoms with van der Waals surface area (Å²) < 4.78 is 6.69. The average Bonchev–Trinajstić information content (AvgIpc) is 3.10. The maximum Gasteiger partial charge on any atom is 0.319 e. The van der Waals surface area contributed by atoms with Crippen LogP contribution < -0.4 is 15.4 Å². The Morgan fingerprint density at radius 3 is 2.52 bits per heavy atom. The molecule has 0 radical (unpaired) electrons. The van der Waals surface area contributed by atoms with Gasteiger partial charge in [-0.2, -0.15) is 4.68 Å². The predicted molar refractivity (Wildman–Crippen MR) is 92.7 cm³/mol. The summed E-state index contributed by atoms with van der Waals surface area (Å²) in [6.07, 6.45) is 0. The van der Waals surface area contributed by atoms with E-state index in [0.29, 0.717) is 5.82 Å². The molecule has 8 heteroatoms. The van der Waals surface area contributed by atoms with Crippen LogP contribution in [0.25, 0.3) is 5.69 Å².